The van der Waals surface area contributed by atoms with E-state index in [-0.39, 0.29) is 5.91 Å². The van der Waals surface area contributed by atoms with Gasteiger partial charge in [0, 0.05) is 42.1 Å². The number of thiazole rings is 1. The van der Waals surface area contributed by atoms with Gasteiger partial charge in [-0.05, 0) is 18.2 Å². The van der Waals surface area contributed by atoms with E-state index in [1.165, 1.54) is 11.3 Å². The molecule has 1 amide bonds. The average molecular weight is 342 g/mol. The van der Waals surface area contributed by atoms with Crippen LogP contribution in [0.4, 0.5) is 0 Å². The molecule has 1 fully saturated rings. The maximum absolute atomic E-state index is 12.4. The Balaban J connectivity index is 1.84. The smallest absolute Gasteiger partial charge is 0.273 e. The number of rotatable bonds is 2. The summed E-state index contributed by atoms with van der Waals surface area (Å²) in [5.41, 5.74) is 1.27. The second-order valence-corrected chi connectivity index (χ2v) is 6.41. The molecule has 0 saturated carbocycles. The molecule has 0 radical (unpaired) electrons. The molecule has 21 heavy (non-hydrogen) atoms. The summed E-state index contributed by atoms with van der Waals surface area (Å²) in [6.45, 7) is 3.08. The van der Waals surface area contributed by atoms with Crippen molar-refractivity contribution in [3.63, 3.8) is 0 Å². The second kappa shape index (κ2) is 6.32. The van der Waals surface area contributed by atoms with Gasteiger partial charge < -0.3 is 10.2 Å². The molecule has 1 saturated heterocycles. The summed E-state index contributed by atoms with van der Waals surface area (Å²) in [5, 5.41) is 6.86. The molecular weight excluding hydrogens is 329 g/mol. The summed E-state index contributed by atoms with van der Waals surface area (Å²) in [4.78, 5) is 18.6. The lowest BCUT2D eigenvalue weighted by molar-refractivity contribution is 0.0731. The standard InChI is InChI=1S/C14H13Cl2N3OS/c15-9-1-2-10(11(16)7-9)13-18-12(8-21-13)14(20)19-5-3-17-4-6-19/h1-2,7-8,17H,3-6H2. The molecule has 0 spiro atoms. The Morgan fingerprint density at radius 1 is 1.29 bits per heavy atom. The Labute approximate surface area is 136 Å². The zero-order valence-corrected chi connectivity index (χ0v) is 13.4. The van der Waals surface area contributed by atoms with Crippen molar-refractivity contribution < 1.29 is 4.79 Å². The van der Waals surface area contributed by atoms with E-state index in [0.717, 1.165) is 23.7 Å². The Bertz CT molecular complexity index is 668. The molecule has 2 aromatic rings. The third-order valence-electron chi connectivity index (χ3n) is 3.29. The highest BCUT2D eigenvalue weighted by molar-refractivity contribution is 7.13. The van der Waals surface area contributed by atoms with E-state index in [9.17, 15) is 4.79 Å². The lowest BCUT2D eigenvalue weighted by Crippen LogP contribution is -2.46. The summed E-state index contributed by atoms with van der Waals surface area (Å²) in [7, 11) is 0. The summed E-state index contributed by atoms with van der Waals surface area (Å²) < 4.78 is 0. The first kappa shape index (κ1) is 14.8. The fourth-order valence-electron chi connectivity index (χ4n) is 2.19. The molecule has 1 aliphatic rings. The van der Waals surface area contributed by atoms with Crippen LogP contribution in [-0.4, -0.2) is 42.0 Å². The number of amides is 1. The molecule has 0 atom stereocenters. The molecule has 1 aliphatic heterocycles. The van der Waals surface area contributed by atoms with Crippen molar-refractivity contribution in [1.29, 1.82) is 0 Å². The number of aromatic nitrogens is 1. The van der Waals surface area contributed by atoms with E-state index in [0.29, 0.717) is 28.8 Å². The van der Waals surface area contributed by atoms with Crippen LogP contribution < -0.4 is 5.32 Å². The van der Waals surface area contributed by atoms with Crippen molar-refractivity contribution in [3.05, 3.63) is 39.3 Å². The van der Waals surface area contributed by atoms with Gasteiger partial charge in [-0.25, -0.2) is 4.98 Å². The summed E-state index contributed by atoms with van der Waals surface area (Å²) in [6.07, 6.45) is 0. The lowest BCUT2D eigenvalue weighted by atomic mass is 10.2. The van der Waals surface area contributed by atoms with E-state index < -0.39 is 0 Å². The van der Waals surface area contributed by atoms with Crippen LogP contribution in [-0.2, 0) is 0 Å². The van der Waals surface area contributed by atoms with Crippen molar-refractivity contribution in [1.82, 2.24) is 15.2 Å². The van der Waals surface area contributed by atoms with Crippen molar-refractivity contribution in [2.24, 2.45) is 0 Å². The number of carbonyl (C=O) groups excluding carboxylic acids is 1. The first-order valence-corrected chi connectivity index (χ1v) is 8.19. The number of hydrogen-bond donors (Lipinski definition) is 1. The Morgan fingerprint density at radius 3 is 2.76 bits per heavy atom. The molecule has 1 aromatic carbocycles. The number of nitrogens with zero attached hydrogens (tertiary/aromatic N) is 2. The van der Waals surface area contributed by atoms with Crippen molar-refractivity contribution >= 4 is 40.4 Å². The normalized spacial score (nSPS) is 15.2. The molecule has 1 aromatic heterocycles. The number of benzene rings is 1. The zero-order valence-electron chi connectivity index (χ0n) is 11.1. The number of hydrogen-bond acceptors (Lipinski definition) is 4. The van der Waals surface area contributed by atoms with E-state index in [2.05, 4.69) is 10.3 Å². The topological polar surface area (TPSA) is 45.2 Å². The van der Waals surface area contributed by atoms with Gasteiger partial charge in [0.25, 0.3) is 5.91 Å². The quantitative estimate of drug-likeness (QED) is 0.912. The fourth-order valence-corrected chi connectivity index (χ4v) is 3.58. The molecule has 4 nitrogen and oxygen atoms in total. The predicted octanol–water partition coefficient (Wildman–Crippen LogP) is 3.16. The molecule has 2 heterocycles. The number of piperazine rings is 1. The third kappa shape index (κ3) is 3.21. The van der Waals surface area contributed by atoms with Gasteiger partial charge in [0.15, 0.2) is 0 Å². The van der Waals surface area contributed by atoms with Gasteiger partial charge in [-0.1, -0.05) is 23.2 Å². The summed E-state index contributed by atoms with van der Waals surface area (Å²) in [6, 6.07) is 5.27. The fraction of sp³-hybridized carbons (Fsp3) is 0.286. The van der Waals surface area contributed by atoms with Crippen molar-refractivity contribution in [2.45, 2.75) is 0 Å². The maximum atomic E-state index is 12.4. The van der Waals surface area contributed by atoms with Crippen LogP contribution in [0.25, 0.3) is 10.6 Å². The molecule has 0 bridgehead atoms. The Kier molecular flexibility index (Phi) is 4.45. The van der Waals surface area contributed by atoms with E-state index in [1.54, 1.807) is 17.5 Å². The Hall–Kier alpha value is -1.14. The second-order valence-electron chi connectivity index (χ2n) is 4.70. The van der Waals surface area contributed by atoms with Gasteiger partial charge >= 0.3 is 0 Å². The van der Waals surface area contributed by atoms with Gasteiger partial charge in [-0.2, -0.15) is 0 Å². The highest BCUT2D eigenvalue weighted by atomic mass is 35.5. The molecule has 3 rings (SSSR count). The molecule has 0 unspecified atom stereocenters. The predicted molar refractivity (Wildman–Crippen MR) is 86.3 cm³/mol. The summed E-state index contributed by atoms with van der Waals surface area (Å²) >= 11 is 13.5. The molecule has 110 valence electrons. The lowest BCUT2D eigenvalue weighted by Gasteiger charge is -2.26. The zero-order chi connectivity index (χ0) is 14.8. The minimum Gasteiger partial charge on any atom is -0.335 e. The first-order chi connectivity index (χ1) is 10.1. The highest BCUT2D eigenvalue weighted by Crippen LogP contribution is 2.32. The average Bonchev–Trinajstić information content (AvgIpc) is 2.97. The van der Waals surface area contributed by atoms with Crippen LogP contribution >= 0.6 is 34.5 Å². The molecule has 7 heteroatoms. The maximum Gasteiger partial charge on any atom is 0.273 e. The first-order valence-electron chi connectivity index (χ1n) is 6.56. The minimum atomic E-state index is -0.0240. The third-order valence-corrected chi connectivity index (χ3v) is 4.71. The molecule has 0 aliphatic carbocycles. The van der Waals surface area contributed by atoms with E-state index in [4.69, 9.17) is 23.2 Å². The number of halogens is 2. The molecule has 1 N–H and O–H groups in total. The van der Waals surface area contributed by atoms with Crippen LogP contribution in [0.3, 0.4) is 0 Å². The Morgan fingerprint density at radius 2 is 2.05 bits per heavy atom. The van der Waals surface area contributed by atoms with Crippen LogP contribution in [0.1, 0.15) is 10.5 Å². The highest BCUT2D eigenvalue weighted by Gasteiger charge is 2.21. The summed E-state index contributed by atoms with van der Waals surface area (Å²) in [5.74, 6) is -0.0240. The van der Waals surface area contributed by atoms with Gasteiger partial charge in [0.1, 0.15) is 10.7 Å². The van der Waals surface area contributed by atoms with E-state index >= 15 is 0 Å². The van der Waals surface area contributed by atoms with Gasteiger partial charge in [-0.15, -0.1) is 11.3 Å². The van der Waals surface area contributed by atoms with Crippen LogP contribution in [0.5, 0.6) is 0 Å². The number of carbonyl (C=O) groups is 1. The minimum absolute atomic E-state index is 0.0240. The largest absolute Gasteiger partial charge is 0.335 e. The van der Waals surface area contributed by atoms with Gasteiger partial charge in [0.2, 0.25) is 0 Å². The van der Waals surface area contributed by atoms with Gasteiger partial charge in [-0.3, -0.25) is 4.79 Å². The van der Waals surface area contributed by atoms with Crippen LogP contribution in [0.15, 0.2) is 23.6 Å². The van der Waals surface area contributed by atoms with Gasteiger partial charge in [0.05, 0.1) is 5.02 Å². The molecular formula is C14H13Cl2N3OS. The van der Waals surface area contributed by atoms with Crippen LogP contribution in [0, 0.1) is 0 Å². The van der Waals surface area contributed by atoms with Crippen LogP contribution in [0.2, 0.25) is 10.0 Å². The van der Waals surface area contributed by atoms with Crippen molar-refractivity contribution in [2.75, 3.05) is 26.2 Å². The monoisotopic (exact) mass is 341 g/mol. The number of nitrogens with one attached hydrogen (secondary N) is 1. The SMILES string of the molecule is O=C(c1csc(-c2ccc(Cl)cc2Cl)n1)N1CCNCC1. The van der Waals surface area contributed by atoms with E-state index in [1.807, 2.05) is 11.0 Å². The van der Waals surface area contributed by atoms with Crippen molar-refractivity contribution in [3.8, 4) is 10.6 Å².